The summed E-state index contributed by atoms with van der Waals surface area (Å²) in [7, 11) is 1.56. The van der Waals surface area contributed by atoms with E-state index in [1.807, 2.05) is 0 Å². The van der Waals surface area contributed by atoms with Gasteiger partial charge in [0.25, 0.3) is 0 Å². The van der Waals surface area contributed by atoms with Gasteiger partial charge in [0.15, 0.2) is 0 Å². The summed E-state index contributed by atoms with van der Waals surface area (Å²) in [5, 5.41) is 0. The average Bonchev–Trinajstić information content (AvgIpc) is 2.81. The molecule has 3 heteroatoms. The molecule has 0 aromatic heterocycles. The highest BCUT2D eigenvalue weighted by molar-refractivity contribution is 5.37. The first-order valence-electron chi connectivity index (χ1n) is 5.82. The molecule has 0 aliphatic heterocycles. The van der Waals surface area contributed by atoms with Gasteiger partial charge in [-0.05, 0) is 30.9 Å². The molecule has 1 aromatic rings. The molecule has 1 fully saturated rings. The molecule has 1 aliphatic carbocycles. The molecule has 0 spiro atoms. The van der Waals surface area contributed by atoms with Crippen molar-refractivity contribution in [3.8, 4) is 5.75 Å². The summed E-state index contributed by atoms with van der Waals surface area (Å²) in [6.07, 6.45) is 4.60. The first-order valence-corrected chi connectivity index (χ1v) is 5.82. The highest BCUT2D eigenvalue weighted by Gasteiger charge is 2.27. The van der Waals surface area contributed by atoms with Crippen molar-refractivity contribution in [2.24, 2.45) is 11.7 Å². The van der Waals surface area contributed by atoms with E-state index in [1.165, 1.54) is 18.9 Å². The van der Waals surface area contributed by atoms with E-state index in [2.05, 4.69) is 0 Å². The summed E-state index contributed by atoms with van der Waals surface area (Å²) in [5.74, 6) is 0.712. The fraction of sp³-hybridized carbons (Fsp3) is 0.538. The molecule has 2 nitrogen and oxygen atoms in total. The smallest absolute Gasteiger partial charge is 0.131 e. The molecule has 1 aliphatic rings. The Kier molecular flexibility index (Phi) is 3.44. The highest BCUT2D eigenvalue weighted by atomic mass is 19.1. The van der Waals surface area contributed by atoms with Crippen LogP contribution in [0.25, 0.3) is 0 Å². The van der Waals surface area contributed by atoms with Gasteiger partial charge < -0.3 is 10.5 Å². The first-order chi connectivity index (χ1) is 7.74. The maximum absolute atomic E-state index is 13.8. The Labute approximate surface area is 95.6 Å². The number of hydrogen-bond acceptors (Lipinski definition) is 2. The van der Waals surface area contributed by atoms with Crippen molar-refractivity contribution >= 4 is 0 Å². The zero-order valence-electron chi connectivity index (χ0n) is 9.58. The average molecular weight is 223 g/mol. The molecule has 0 amide bonds. The molecule has 88 valence electrons. The van der Waals surface area contributed by atoms with Crippen molar-refractivity contribution in [2.45, 2.75) is 31.7 Å². The molecular weight excluding hydrogens is 205 g/mol. The molecule has 0 bridgehead atoms. The zero-order valence-corrected chi connectivity index (χ0v) is 9.58. The predicted molar refractivity (Wildman–Crippen MR) is 61.8 cm³/mol. The van der Waals surface area contributed by atoms with Crippen LogP contribution in [0.15, 0.2) is 18.2 Å². The molecule has 0 saturated heterocycles. The molecule has 0 heterocycles. The Bertz CT molecular complexity index is 361. The van der Waals surface area contributed by atoms with Crippen LogP contribution in [0.5, 0.6) is 5.75 Å². The number of ether oxygens (including phenoxy) is 1. The van der Waals surface area contributed by atoms with Crippen LogP contribution in [-0.2, 0) is 0 Å². The molecule has 16 heavy (non-hydrogen) atoms. The van der Waals surface area contributed by atoms with E-state index >= 15 is 0 Å². The molecule has 0 radical (unpaired) electrons. The molecule has 0 unspecified atom stereocenters. The van der Waals surface area contributed by atoms with Gasteiger partial charge in [-0.25, -0.2) is 4.39 Å². The van der Waals surface area contributed by atoms with Crippen molar-refractivity contribution in [3.63, 3.8) is 0 Å². The van der Waals surface area contributed by atoms with Gasteiger partial charge in [-0.1, -0.05) is 18.9 Å². The predicted octanol–water partition coefficient (Wildman–Crippen LogP) is 3.02. The first kappa shape index (κ1) is 11.4. The summed E-state index contributed by atoms with van der Waals surface area (Å²) in [6, 6.07) is 4.64. The summed E-state index contributed by atoms with van der Waals surface area (Å²) in [6.45, 7) is 0. The topological polar surface area (TPSA) is 35.2 Å². The third-order valence-electron chi connectivity index (χ3n) is 3.47. The molecule has 1 atom stereocenters. The lowest BCUT2D eigenvalue weighted by atomic mass is 9.91. The fourth-order valence-electron chi connectivity index (χ4n) is 2.57. The van der Waals surface area contributed by atoms with Crippen LogP contribution in [0.2, 0.25) is 0 Å². The second kappa shape index (κ2) is 4.83. The summed E-state index contributed by atoms with van der Waals surface area (Å²) < 4.78 is 19.0. The molecule has 2 N–H and O–H groups in total. The Hall–Kier alpha value is -1.09. The molecule has 2 rings (SSSR count). The number of hydrogen-bond donors (Lipinski definition) is 1. The van der Waals surface area contributed by atoms with Crippen LogP contribution in [0.1, 0.15) is 37.3 Å². The van der Waals surface area contributed by atoms with E-state index in [1.54, 1.807) is 19.2 Å². The number of halogens is 1. The standard InChI is InChI=1S/C13H18FNO/c1-16-11-8-4-7-10(14)12(11)13(15)9-5-2-3-6-9/h4,7-9,13H,2-3,5-6,15H2,1H3/t13-/m0/s1. The van der Waals surface area contributed by atoms with Gasteiger partial charge in [0.2, 0.25) is 0 Å². The Balaban J connectivity index is 2.30. The normalized spacial score (nSPS) is 18.7. The SMILES string of the molecule is COc1cccc(F)c1[C@@H](N)C1CCCC1. The van der Waals surface area contributed by atoms with E-state index in [4.69, 9.17) is 10.5 Å². The minimum Gasteiger partial charge on any atom is -0.496 e. The van der Waals surface area contributed by atoms with E-state index in [0.717, 1.165) is 12.8 Å². The van der Waals surface area contributed by atoms with Gasteiger partial charge in [0, 0.05) is 11.6 Å². The lowest BCUT2D eigenvalue weighted by molar-refractivity contribution is 0.374. The summed E-state index contributed by atoms with van der Waals surface area (Å²) in [5.41, 5.74) is 6.70. The zero-order chi connectivity index (χ0) is 11.5. The second-order valence-corrected chi connectivity index (χ2v) is 4.43. The maximum atomic E-state index is 13.8. The van der Waals surface area contributed by atoms with Gasteiger partial charge in [-0.15, -0.1) is 0 Å². The summed E-state index contributed by atoms with van der Waals surface area (Å²) >= 11 is 0. The van der Waals surface area contributed by atoms with Crippen LogP contribution in [0, 0.1) is 11.7 Å². The van der Waals surface area contributed by atoms with E-state index in [0.29, 0.717) is 17.2 Å². The van der Waals surface area contributed by atoms with E-state index in [9.17, 15) is 4.39 Å². The van der Waals surface area contributed by atoms with Crippen molar-refractivity contribution < 1.29 is 9.13 Å². The highest BCUT2D eigenvalue weighted by Crippen LogP contribution is 2.38. The van der Waals surface area contributed by atoms with E-state index < -0.39 is 0 Å². The lowest BCUT2D eigenvalue weighted by Crippen LogP contribution is -2.21. The van der Waals surface area contributed by atoms with Crippen LogP contribution >= 0.6 is 0 Å². The van der Waals surface area contributed by atoms with Gasteiger partial charge in [-0.3, -0.25) is 0 Å². The second-order valence-electron chi connectivity index (χ2n) is 4.43. The largest absolute Gasteiger partial charge is 0.496 e. The van der Waals surface area contributed by atoms with Gasteiger partial charge in [-0.2, -0.15) is 0 Å². The van der Waals surface area contributed by atoms with Crippen LogP contribution < -0.4 is 10.5 Å². The third-order valence-corrected chi connectivity index (χ3v) is 3.47. The third kappa shape index (κ3) is 2.05. The van der Waals surface area contributed by atoms with Crippen molar-refractivity contribution in [1.82, 2.24) is 0 Å². The van der Waals surface area contributed by atoms with Crippen molar-refractivity contribution in [3.05, 3.63) is 29.6 Å². The van der Waals surface area contributed by atoms with Crippen molar-refractivity contribution in [2.75, 3.05) is 7.11 Å². The monoisotopic (exact) mass is 223 g/mol. The summed E-state index contributed by atoms with van der Waals surface area (Å²) in [4.78, 5) is 0. The quantitative estimate of drug-likeness (QED) is 0.854. The molecular formula is C13H18FNO. The van der Waals surface area contributed by atoms with Gasteiger partial charge in [0.1, 0.15) is 11.6 Å². The Morgan fingerprint density at radius 3 is 2.69 bits per heavy atom. The Morgan fingerprint density at radius 1 is 1.38 bits per heavy atom. The van der Waals surface area contributed by atoms with Crippen LogP contribution in [-0.4, -0.2) is 7.11 Å². The van der Waals surface area contributed by atoms with Crippen LogP contribution in [0.4, 0.5) is 4.39 Å². The minimum atomic E-state index is -0.251. The van der Waals surface area contributed by atoms with Crippen molar-refractivity contribution in [1.29, 1.82) is 0 Å². The van der Waals surface area contributed by atoms with Crippen LogP contribution in [0.3, 0.4) is 0 Å². The van der Waals surface area contributed by atoms with Gasteiger partial charge in [0.05, 0.1) is 7.11 Å². The van der Waals surface area contributed by atoms with E-state index in [-0.39, 0.29) is 11.9 Å². The number of benzene rings is 1. The minimum absolute atomic E-state index is 0.237. The maximum Gasteiger partial charge on any atom is 0.131 e. The molecule has 1 aromatic carbocycles. The number of methoxy groups -OCH3 is 1. The fourth-order valence-corrected chi connectivity index (χ4v) is 2.57. The number of nitrogens with two attached hydrogens (primary N) is 1. The number of rotatable bonds is 3. The lowest BCUT2D eigenvalue weighted by Gasteiger charge is -2.21. The Morgan fingerprint density at radius 2 is 2.06 bits per heavy atom. The molecule has 1 saturated carbocycles. The van der Waals surface area contributed by atoms with Gasteiger partial charge >= 0.3 is 0 Å².